The highest BCUT2D eigenvalue weighted by atomic mass is 16.2. The fourth-order valence-corrected chi connectivity index (χ4v) is 1.68. The molecule has 1 N–H and O–H groups in total. The number of carbonyl (C=O) groups excluding carboxylic acids is 2. The topological polar surface area (TPSA) is 52.7 Å². The van der Waals surface area contributed by atoms with Crippen molar-refractivity contribution in [3.05, 3.63) is 0 Å². The van der Waals surface area contributed by atoms with E-state index in [0.717, 1.165) is 25.9 Å². The standard InChI is InChI=1S/C11H21N3O2/c1-3-13(2)11(16)12-9-10(15)14-7-5-4-6-8-14/h3-9H2,1-2H3,(H,12,16). The Morgan fingerprint density at radius 2 is 1.88 bits per heavy atom. The molecule has 1 aliphatic rings. The van der Waals surface area contributed by atoms with Gasteiger partial charge in [0.25, 0.3) is 0 Å². The van der Waals surface area contributed by atoms with Gasteiger partial charge in [0.2, 0.25) is 5.91 Å². The number of piperidine rings is 1. The number of nitrogens with one attached hydrogen (secondary N) is 1. The molecule has 0 aromatic rings. The van der Waals surface area contributed by atoms with Gasteiger partial charge in [-0.1, -0.05) is 0 Å². The molecule has 0 atom stereocenters. The minimum absolute atomic E-state index is 0.0255. The summed E-state index contributed by atoms with van der Waals surface area (Å²) < 4.78 is 0. The van der Waals surface area contributed by atoms with E-state index in [0.29, 0.717) is 6.54 Å². The van der Waals surface area contributed by atoms with Crippen LogP contribution in [0, 0.1) is 0 Å². The third-order valence-electron chi connectivity index (χ3n) is 2.92. The first kappa shape index (κ1) is 12.8. The van der Waals surface area contributed by atoms with Gasteiger partial charge in [0.15, 0.2) is 0 Å². The molecule has 92 valence electrons. The molecule has 0 radical (unpaired) electrons. The Kier molecular flexibility index (Phi) is 5.08. The molecule has 1 saturated heterocycles. The zero-order valence-electron chi connectivity index (χ0n) is 10.2. The van der Waals surface area contributed by atoms with Gasteiger partial charge in [-0.3, -0.25) is 4.79 Å². The van der Waals surface area contributed by atoms with E-state index in [1.54, 1.807) is 11.9 Å². The summed E-state index contributed by atoms with van der Waals surface area (Å²) in [5, 5.41) is 2.63. The second-order valence-electron chi connectivity index (χ2n) is 4.11. The number of rotatable bonds is 3. The van der Waals surface area contributed by atoms with E-state index in [1.165, 1.54) is 6.42 Å². The van der Waals surface area contributed by atoms with Crippen LogP contribution in [0.4, 0.5) is 4.79 Å². The lowest BCUT2D eigenvalue weighted by molar-refractivity contribution is -0.130. The second kappa shape index (κ2) is 6.35. The monoisotopic (exact) mass is 227 g/mol. The van der Waals surface area contributed by atoms with Crippen molar-refractivity contribution in [2.45, 2.75) is 26.2 Å². The lowest BCUT2D eigenvalue weighted by Gasteiger charge is -2.27. The SMILES string of the molecule is CCN(C)C(=O)NCC(=O)N1CCCCC1. The maximum atomic E-state index is 11.7. The quantitative estimate of drug-likeness (QED) is 0.770. The van der Waals surface area contributed by atoms with Crippen molar-refractivity contribution in [2.24, 2.45) is 0 Å². The van der Waals surface area contributed by atoms with Crippen molar-refractivity contribution < 1.29 is 9.59 Å². The normalized spacial score (nSPS) is 15.8. The zero-order chi connectivity index (χ0) is 12.0. The van der Waals surface area contributed by atoms with Gasteiger partial charge in [0.05, 0.1) is 6.54 Å². The molecule has 1 fully saturated rings. The van der Waals surface area contributed by atoms with Gasteiger partial charge in [0, 0.05) is 26.7 Å². The summed E-state index contributed by atoms with van der Waals surface area (Å²) in [7, 11) is 1.71. The first-order chi connectivity index (χ1) is 7.65. The lowest BCUT2D eigenvalue weighted by atomic mass is 10.1. The van der Waals surface area contributed by atoms with Crippen LogP contribution in [0.2, 0.25) is 0 Å². The number of amides is 3. The summed E-state index contributed by atoms with van der Waals surface area (Å²) in [6.07, 6.45) is 3.36. The molecule has 3 amide bonds. The number of urea groups is 1. The molecule has 0 bridgehead atoms. The highest BCUT2D eigenvalue weighted by Crippen LogP contribution is 2.08. The molecule has 0 aromatic carbocycles. The Balaban J connectivity index is 2.26. The summed E-state index contributed by atoms with van der Waals surface area (Å²) in [5.41, 5.74) is 0. The fraction of sp³-hybridized carbons (Fsp3) is 0.818. The molecule has 16 heavy (non-hydrogen) atoms. The Hall–Kier alpha value is -1.26. The van der Waals surface area contributed by atoms with Gasteiger partial charge in [-0.2, -0.15) is 0 Å². The van der Waals surface area contributed by atoms with Gasteiger partial charge >= 0.3 is 6.03 Å². The first-order valence-electron chi connectivity index (χ1n) is 5.92. The first-order valence-corrected chi connectivity index (χ1v) is 5.92. The minimum Gasteiger partial charge on any atom is -0.341 e. The minimum atomic E-state index is -0.187. The summed E-state index contributed by atoms with van der Waals surface area (Å²) >= 11 is 0. The molecule has 0 aliphatic carbocycles. The smallest absolute Gasteiger partial charge is 0.317 e. The molecule has 1 heterocycles. The van der Waals surface area contributed by atoms with Crippen LogP contribution >= 0.6 is 0 Å². The number of hydrogen-bond acceptors (Lipinski definition) is 2. The average Bonchev–Trinajstić information content (AvgIpc) is 2.35. The maximum Gasteiger partial charge on any atom is 0.317 e. The van der Waals surface area contributed by atoms with E-state index < -0.39 is 0 Å². The maximum absolute atomic E-state index is 11.7. The van der Waals surface area contributed by atoms with Crippen molar-refractivity contribution in [3.63, 3.8) is 0 Å². The van der Waals surface area contributed by atoms with Crippen LogP contribution in [0.15, 0.2) is 0 Å². The van der Waals surface area contributed by atoms with Crippen LogP contribution in [0.1, 0.15) is 26.2 Å². The van der Waals surface area contributed by atoms with Gasteiger partial charge in [-0.25, -0.2) is 4.79 Å². The summed E-state index contributed by atoms with van der Waals surface area (Å²) in [4.78, 5) is 26.5. The molecule has 1 aliphatic heterocycles. The Morgan fingerprint density at radius 3 is 2.44 bits per heavy atom. The van der Waals surface area contributed by atoms with E-state index in [-0.39, 0.29) is 18.5 Å². The summed E-state index contributed by atoms with van der Waals surface area (Å²) in [5.74, 6) is 0.0255. The number of carbonyl (C=O) groups is 2. The predicted molar refractivity (Wildman–Crippen MR) is 62.1 cm³/mol. The van der Waals surface area contributed by atoms with Crippen molar-refractivity contribution in [3.8, 4) is 0 Å². The molecular formula is C11H21N3O2. The summed E-state index contributed by atoms with van der Waals surface area (Å²) in [6, 6.07) is -0.187. The van der Waals surface area contributed by atoms with Gasteiger partial charge in [-0.15, -0.1) is 0 Å². The highest BCUT2D eigenvalue weighted by Gasteiger charge is 2.17. The molecule has 0 saturated carbocycles. The van der Waals surface area contributed by atoms with E-state index >= 15 is 0 Å². The fourth-order valence-electron chi connectivity index (χ4n) is 1.68. The number of hydrogen-bond donors (Lipinski definition) is 1. The largest absolute Gasteiger partial charge is 0.341 e. The predicted octanol–water partition coefficient (Wildman–Crippen LogP) is 0.660. The van der Waals surface area contributed by atoms with E-state index in [2.05, 4.69) is 5.32 Å². The molecule has 0 unspecified atom stereocenters. The Bertz CT molecular complexity index is 250. The van der Waals surface area contributed by atoms with E-state index in [9.17, 15) is 9.59 Å². The molecule has 0 spiro atoms. The highest BCUT2D eigenvalue weighted by molar-refractivity contribution is 5.83. The van der Waals surface area contributed by atoms with Crippen molar-refractivity contribution >= 4 is 11.9 Å². The molecule has 5 nitrogen and oxygen atoms in total. The summed E-state index contributed by atoms with van der Waals surface area (Å²) in [6.45, 7) is 4.32. The van der Waals surface area contributed by atoms with Crippen LogP contribution in [-0.4, -0.2) is 55.0 Å². The molecule has 5 heteroatoms. The van der Waals surface area contributed by atoms with E-state index in [1.807, 2.05) is 11.8 Å². The average molecular weight is 227 g/mol. The van der Waals surface area contributed by atoms with Crippen LogP contribution in [0.25, 0.3) is 0 Å². The number of likely N-dealkylation sites (tertiary alicyclic amines) is 1. The van der Waals surface area contributed by atoms with Crippen molar-refractivity contribution in [2.75, 3.05) is 33.2 Å². The van der Waals surface area contributed by atoms with Crippen LogP contribution in [0.3, 0.4) is 0 Å². The number of nitrogens with zero attached hydrogens (tertiary/aromatic N) is 2. The van der Waals surface area contributed by atoms with Crippen LogP contribution < -0.4 is 5.32 Å². The van der Waals surface area contributed by atoms with Gasteiger partial charge in [0.1, 0.15) is 0 Å². The Labute approximate surface area is 96.8 Å². The zero-order valence-corrected chi connectivity index (χ0v) is 10.2. The Morgan fingerprint density at radius 1 is 1.25 bits per heavy atom. The van der Waals surface area contributed by atoms with E-state index in [4.69, 9.17) is 0 Å². The van der Waals surface area contributed by atoms with Crippen LogP contribution in [0.5, 0.6) is 0 Å². The van der Waals surface area contributed by atoms with Crippen molar-refractivity contribution in [1.82, 2.24) is 15.1 Å². The van der Waals surface area contributed by atoms with Gasteiger partial charge < -0.3 is 15.1 Å². The van der Waals surface area contributed by atoms with Crippen molar-refractivity contribution in [1.29, 1.82) is 0 Å². The molecular weight excluding hydrogens is 206 g/mol. The third kappa shape index (κ3) is 3.72. The van der Waals surface area contributed by atoms with Crippen LogP contribution in [-0.2, 0) is 4.79 Å². The third-order valence-corrected chi connectivity index (χ3v) is 2.92. The lowest BCUT2D eigenvalue weighted by Crippen LogP contribution is -2.45. The molecule has 0 aromatic heterocycles. The molecule has 1 rings (SSSR count). The van der Waals surface area contributed by atoms with Gasteiger partial charge in [-0.05, 0) is 26.2 Å². The second-order valence-corrected chi connectivity index (χ2v) is 4.11.